The Balaban J connectivity index is 1.98. The molecule has 3 nitrogen and oxygen atoms in total. The van der Waals surface area contributed by atoms with Crippen LogP contribution in [0.25, 0.3) is 0 Å². The van der Waals surface area contributed by atoms with Gasteiger partial charge in [0.15, 0.2) is 0 Å². The molecule has 0 radical (unpaired) electrons. The van der Waals surface area contributed by atoms with Crippen LogP contribution in [-0.4, -0.2) is 44.2 Å². The molecular formula is C17H28N2O. The van der Waals surface area contributed by atoms with Gasteiger partial charge in [-0.3, -0.25) is 0 Å². The van der Waals surface area contributed by atoms with Gasteiger partial charge in [0.05, 0.1) is 6.61 Å². The van der Waals surface area contributed by atoms with E-state index in [1.165, 1.54) is 24.2 Å². The molecule has 3 heteroatoms. The van der Waals surface area contributed by atoms with Gasteiger partial charge in [-0.25, -0.2) is 0 Å². The second-order valence-corrected chi connectivity index (χ2v) is 5.80. The summed E-state index contributed by atoms with van der Waals surface area (Å²) < 4.78 is 5.73. The van der Waals surface area contributed by atoms with E-state index in [9.17, 15) is 0 Å². The summed E-state index contributed by atoms with van der Waals surface area (Å²) in [7, 11) is 0. The number of nitrogens with zero attached hydrogens (tertiary/aromatic N) is 1. The SMILES string of the molecule is CCOc1ccc(CCN2CCNCC2)cc1C(C)C. The first-order chi connectivity index (χ1) is 9.70. The van der Waals surface area contributed by atoms with Gasteiger partial charge in [0.1, 0.15) is 5.75 Å². The van der Waals surface area contributed by atoms with Crippen molar-refractivity contribution >= 4 is 0 Å². The van der Waals surface area contributed by atoms with Gasteiger partial charge < -0.3 is 15.0 Å². The molecule has 1 aliphatic rings. The van der Waals surface area contributed by atoms with E-state index >= 15 is 0 Å². The van der Waals surface area contributed by atoms with Crippen LogP contribution in [0.1, 0.15) is 37.8 Å². The van der Waals surface area contributed by atoms with Crippen molar-refractivity contribution in [2.24, 2.45) is 0 Å². The minimum Gasteiger partial charge on any atom is -0.494 e. The van der Waals surface area contributed by atoms with Crippen molar-refractivity contribution in [2.45, 2.75) is 33.1 Å². The predicted octanol–water partition coefficient (Wildman–Crippen LogP) is 2.66. The van der Waals surface area contributed by atoms with Crippen molar-refractivity contribution in [1.82, 2.24) is 10.2 Å². The normalized spacial score (nSPS) is 16.6. The highest BCUT2D eigenvalue weighted by Gasteiger charge is 2.11. The van der Waals surface area contributed by atoms with Crippen molar-refractivity contribution in [3.63, 3.8) is 0 Å². The highest BCUT2D eigenvalue weighted by Crippen LogP contribution is 2.27. The number of piperazine rings is 1. The first kappa shape index (κ1) is 15.3. The van der Waals surface area contributed by atoms with Crippen molar-refractivity contribution in [3.05, 3.63) is 29.3 Å². The monoisotopic (exact) mass is 276 g/mol. The molecule has 0 saturated carbocycles. The Kier molecular flexibility index (Phi) is 5.86. The maximum absolute atomic E-state index is 5.73. The summed E-state index contributed by atoms with van der Waals surface area (Å²) >= 11 is 0. The highest BCUT2D eigenvalue weighted by atomic mass is 16.5. The van der Waals surface area contributed by atoms with Crippen LogP contribution < -0.4 is 10.1 Å². The van der Waals surface area contributed by atoms with Gasteiger partial charge in [-0.2, -0.15) is 0 Å². The number of hydrogen-bond acceptors (Lipinski definition) is 3. The molecule has 1 fully saturated rings. The number of benzene rings is 1. The second kappa shape index (κ2) is 7.65. The van der Waals surface area contributed by atoms with E-state index in [1.807, 2.05) is 6.92 Å². The minimum atomic E-state index is 0.510. The summed E-state index contributed by atoms with van der Waals surface area (Å²) in [6, 6.07) is 6.70. The fraction of sp³-hybridized carbons (Fsp3) is 0.647. The fourth-order valence-electron chi connectivity index (χ4n) is 2.71. The Morgan fingerprint density at radius 3 is 2.65 bits per heavy atom. The quantitative estimate of drug-likeness (QED) is 0.864. The lowest BCUT2D eigenvalue weighted by atomic mass is 9.98. The summed E-state index contributed by atoms with van der Waals surface area (Å²) in [5.74, 6) is 1.56. The van der Waals surface area contributed by atoms with Crippen LogP contribution >= 0.6 is 0 Å². The molecule has 0 aromatic heterocycles. The van der Waals surface area contributed by atoms with E-state index in [2.05, 4.69) is 42.3 Å². The molecule has 1 N–H and O–H groups in total. The smallest absolute Gasteiger partial charge is 0.122 e. The lowest BCUT2D eigenvalue weighted by Crippen LogP contribution is -2.44. The molecule has 1 aromatic carbocycles. The molecule has 0 spiro atoms. The van der Waals surface area contributed by atoms with Crippen molar-refractivity contribution < 1.29 is 4.74 Å². The van der Waals surface area contributed by atoms with Gasteiger partial charge in [0.2, 0.25) is 0 Å². The standard InChI is InChI=1S/C17H28N2O/c1-4-20-17-6-5-15(13-16(17)14(2)3)7-10-19-11-8-18-9-12-19/h5-6,13-14,18H,4,7-12H2,1-3H3. The Morgan fingerprint density at radius 1 is 1.25 bits per heavy atom. The number of rotatable bonds is 6. The van der Waals surface area contributed by atoms with Crippen molar-refractivity contribution in [1.29, 1.82) is 0 Å². The lowest BCUT2D eigenvalue weighted by Gasteiger charge is -2.27. The third kappa shape index (κ3) is 4.22. The van der Waals surface area contributed by atoms with Crippen LogP contribution in [-0.2, 0) is 6.42 Å². The second-order valence-electron chi connectivity index (χ2n) is 5.80. The van der Waals surface area contributed by atoms with Crippen LogP contribution in [0, 0.1) is 0 Å². The third-order valence-electron chi connectivity index (χ3n) is 3.92. The largest absolute Gasteiger partial charge is 0.494 e. The molecule has 20 heavy (non-hydrogen) atoms. The van der Waals surface area contributed by atoms with Crippen molar-refractivity contribution in [3.8, 4) is 5.75 Å². The molecule has 0 amide bonds. The Hall–Kier alpha value is -1.06. The van der Waals surface area contributed by atoms with Crippen LogP contribution in [0.3, 0.4) is 0 Å². The van der Waals surface area contributed by atoms with E-state index in [1.54, 1.807) is 0 Å². The summed E-state index contributed by atoms with van der Waals surface area (Å²) in [4.78, 5) is 2.54. The van der Waals surface area contributed by atoms with Crippen LogP contribution in [0.2, 0.25) is 0 Å². The van der Waals surface area contributed by atoms with Gasteiger partial charge in [-0.05, 0) is 36.5 Å². The van der Waals surface area contributed by atoms with E-state index in [0.717, 1.165) is 38.4 Å². The van der Waals surface area contributed by atoms with Gasteiger partial charge in [-0.15, -0.1) is 0 Å². The fourth-order valence-corrected chi connectivity index (χ4v) is 2.71. The average molecular weight is 276 g/mol. The van der Waals surface area contributed by atoms with E-state index in [4.69, 9.17) is 4.74 Å². The first-order valence-electron chi connectivity index (χ1n) is 7.89. The number of ether oxygens (including phenoxy) is 1. The molecule has 0 atom stereocenters. The molecule has 1 aliphatic heterocycles. The first-order valence-corrected chi connectivity index (χ1v) is 7.89. The molecule has 0 aliphatic carbocycles. The van der Waals surface area contributed by atoms with Gasteiger partial charge >= 0.3 is 0 Å². The number of nitrogens with one attached hydrogen (secondary N) is 1. The van der Waals surface area contributed by atoms with E-state index in [0.29, 0.717) is 5.92 Å². The van der Waals surface area contributed by atoms with Gasteiger partial charge in [-0.1, -0.05) is 26.0 Å². The molecule has 0 unspecified atom stereocenters. The zero-order valence-electron chi connectivity index (χ0n) is 13.1. The molecule has 1 saturated heterocycles. The van der Waals surface area contributed by atoms with Crippen molar-refractivity contribution in [2.75, 3.05) is 39.3 Å². The third-order valence-corrected chi connectivity index (χ3v) is 3.92. The zero-order chi connectivity index (χ0) is 14.4. The Bertz CT molecular complexity index is 411. The maximum Gasteiger partial charge on any atom is 0.122 e. The molecule has 1 heterocycles. The Morgan fingerprint density at radius 2 is 2.00 bits per heavy atom. The summed E-state index contributed by atoms with van der Waals surface area (Å²) in [6.07, 6.45) is 1.13. The molecule has 2 rings (SSSR count). The molecule has 1 aromatic rings. The molecule has 0 bridgehead atoms. The molecular weight excluding hydrogens is 248 g/mol. The predicted molar refractivity (Wildman–Crippen MR) is 84.7 cm³/mol. The topological polar surface area (TPSA) is 24.5 Å². The highest BCUT2D eigenvalue weighted by molar-refractivity contribution is 5.39. The van der Waals surface area contributed by atoms with Crippen LogP contribution in [0.4, 0.5) is 0 Å². The summed E-state index contributed by atoms with van der Waals surface area (Å²) in [5, 5.41) is 3.40. The van der Waals surface area contributed by atoms with Gasteiger partial charge in [0, 0.05) is 32.7 Å². The lowest BCUT2D eigenvalue weighted by molar-refractivity contribution is 0.244. The zero-order valence-corrected chi connectivity index (χ0v) is 13.1. The average Bonchev–Trinajstić information content (AvgIpc) is 2.47. The molecule has 112 valence electrons. The maximum atomic E-state index is 5.73. The summed E-state index contributed by atoms with van der Waals surface area (Å²) in [5.41, 5.74) is 2.76. The Labute approximate surface area is 123 Å². The van der Waals surface area contributed by atoms with E-state index < -0.39 is 0 Å². The van der Waals surface area contributed by atoms with Crippen LogP contribution in [0.15, 0.2) is 18.2 Å². The summed E-state index contributed by atoms with van der Waals surface area (Å²) in [6.45, 7) is 13.0. The number of hydrogen-bond donors (Lipinski definition) is 1. The van der Waals surface area contributed by atoms with E-state index in [-0.39, 0.29) is 0 Å². The van der Waals surface area contributed by atoms with Crippen LogP contribution in [0.5, 0.6) is 5.75 Å². The minimum absolute atomic E-state index is 0.510. The van der Waals surface area contributed by atoms with Gasteiger partial charge in [0.25, 0.3) is 0 Å².